The van der Waals surface area contributed by atoms with E-state index in [0.717, 1.165) is 17.7 Å². The van der Waals surface area contributed by atoms with Gasteiger partial charge in [0.15, 0.2) is 11.4 Å². The number of aromatic nitrogens is 8. The molecule has 0 aromatic carbocycles. The Balaban J connectivity index is 1.21. The lowest BCUT2D eigenvalue weighted by atomic mass is 10.1. The molecule has 0 spiro atoms. The van der Waals surface area contributed by atoms with Gasteiger partial charge in [0.1, 0.15) is 6.17 Å². The Bertz CT molecular complexity index is 1570. The molecule has 0 bridgehead atoms. The molecule has 0 aliphatic carbocycles. The van der Waals surface area contributed by atoms with Crippen LogP contribution in [0.15, 0.2) is 49.2 Å². The van der Waals surface area contributed by atoms with E-state index in [2.05, 4.69) is 41.2 Å². The lowest BCUT2D eigenvalue weighted by molar-refractivity contribution is -0.137. The minimum Gasteiger partial charge on any atom is -0.346 e. The van der Waals surface area contributed by atoms with Crippen LogP contribution in [0.4, 0.5) is 26.3 Å². The van der Waals surface area contributed by atoms with E-state index in [9.17, 15) is 35.9 Å². The molecule has 4 rings (SSSR count). The molecule has 0 saturated carbocycles. The van der Waals surface area contributed by atoms with E-state index in [0.29, 0.717) is 6.20 Å². The van der Waals surface area contributed by atoms with Gasteiger partial charge in [0.05, 0.1) is 36.7 Å². The molecular weight excluding hydrogens is 586 g/mol. The number of amides is 2. The van der Waals surface area contributed by atoms with Crippen LogP contribution in [-0.2, 0) is 38.3 Å². The van der Waals surface area contributed by atoms with Gasteiger partial charge in [-0.1, -0.05) is 10.4 Å². The van der Waals surface area contributed by atoms with Gasteiger partial charge in [-0.2, -0.15) is 13.2 Å². The lowest BCUT2D eigenvalue weighted by Crippen LogP contribution is -2.24. The quantitative estimate of drug-likeness (QED) is 0.233. The molecule has 0 fully saturated rings. The van der Waals surface area contributed by atoms with Crippen LogP contribution >= 0.6 is 0 Å². The number of hydrogen-bond donors (Lipinski definition) is 2. The molecule has 0 aliphatic rings. The van der Waals surface area contributed by atoms with E-state index in [4.69, 9.17) is 0 Å². The first-order valence-corrected chi connectivity index (χ1v) is 12.6. The fourth-order valence-electron chi connectivity index (χ4n) is 3.69. The summed E-state index contributed by atoms with van der Waals surface area (Å²) < 4.78 is 82.4. The highest BCUT2D eigenvalue weighted by Crippen LogP contribution is 2.29. The summed E-state index contributed by atoms with van der Waals surface area (Å²) in [4.78, 5) is 32.1. The fraction of sp³-hybridized carbons (Fsp3) is 0.360. The Labute approximate surface area is 239 Å². The molecule has 1 unspecified atom stereocenters. The summed E-state index contributed by atoms with van der Waals surface area (Å²) in [6.45, 7) is 0.172. The summed E-state index contributed by atoms with van der Waals surface area (Å²) in [6.07, 6.45) is -0.530. The van der Waals surface area contributed by atoms with Crippen LogP contribution in [0.1, 0.15) is 56.7 Å². The average Bonchev–Trinajstić information content (AvgIpc) is 3.63. The van der Waals surface area contributed by atoms with Gasteiger partial charge in [0.25, 0.3) is 17.7 Å². The maximum absolute atomic E-state index is 14.6. The second-order valence-electron chi connectivity index (χ2n) is 9.45. The topological polar surface area (TPSA) is 145 Å². The van der Waals surface area contributed by atoms with Gasteiger partial charge in [-0.25, -0.2) is 17.9 Å². The zero-order valence-corrected chi connectivity index (χ0v) is 22.4. The number of pyridine rings is 2. The van der Waals surface area contributed by atoms with E-state index in [1.54, 1.807) is 0 Å². The normalized spacial score (nSPS) is 12.6. The standard InChI is InChI=1S/C25H24F6N10O2/c1-24(27,28)16-2-4-33-19(7-16)11-35-23(43)20-13-40(38-36-20)5-3-18(26)12-41-14-21(37-39-41)22(42)34-9-15-6-17(10-32-8-15)25(29,30)31/h2,4,6-8,10,13-14,18H,3,5,9,11-12H2,1H3,(H,34,42)(H,35,43). The highest BCUT2D eigenvalue weighted by Gasteiger charge is 2.31. The SMILES string of the molecule is CC(F)(F)c1ccnc(CNC(=O)c2cn(CCC(F)Cn3cc(C(=O)NCc4cncc(C(F)(F)F)c4)nn3)nn2)c1. The molecule has 2 N–H and O–H groups in total. The molecule has 18 heteroatoms. The first kappa shape index (κ1) is 31.0. The maximum Gasteiger partial charge on any atom is 0.417 e. The van der Waals surface area contributed by atoms with Crippen molar-refractivity contribution in [1.29, 1.82) is 0 Å². The average molecular weight is 611 g/mol. The Morgan fingerprint density at radius 2 is 1.56 bits per heavy atom. The van der Waals surface area contributed by atoms with Crippen molar-refractivity contribution >= 4 is 11.8 Å². The second kappa shape index (κ2) is 13.0. The number of carbonyl (C=O) groups is 2. The Hall–Kier alpha value is -4.90. The monoisotopic (exact) mass is 610 g/mol. The number of nitrogens with one attached hydrogen (secondary N) is 2. The summed E-state index contributed by atoms with van der Waals surface area (Å²) >= 11 is 0. The van der Waals surface area contributed by atoms with E-state index in [1.807, 2.05) is 0 Å². The number of carbonyl (C=O) groups excluding carboxylic acids is 2. The zero-order chi connectivity index (χ0) is 31.2. The Morgan fingerprint density at radius 1 is 0.907 bits per heavy atom. The molecule has 4 heterocycles. The van der Waals surface area contributed by atoms with Crippen molar-refractivity contribution in [2.24, 2.45) is 0 Å². The third kappa shape index (κ3) is 8.79. The molecule has 4 aromatic heterocycles. The van der Waals surface area contributed by atoms with E-state index in [1.165, 1.54) is 41.6 Å². The number of rotatable bonds is 12. The summed E-state index contributed by atoms with van der Waals surface area (Å²) in [7, 11) is 0. The predicted molar refractivity (Wildman–Crippen MR) is 135 cm³/mol. The van der Waals surface area contributed by atoms with Crippen LogP contribution in [0.2, 0.25) is 0 Å². The number of alkyl halides is 6. The molecule has 0 radical (unpaired) electrons. The summed E-state index contributed by atoms with van der Waals surface area (Å²) in [5.41, 5.74) is -1.08. The van der Waals surface area contributed by atoms with Crippen molar-refractivity contribution in [3.05, 3.63) is 83.0 Å². The highest BCUT2D eigenvalue weighted by molar-refractivity contribution is 5.92. The third-order valence-electron chi connectivity index (χ3n) is 5.93. The molecule has 2 amide bonds. The van der Waals surface area contributed by atoms with Crippen LogP contribution in [-0.4, -0.2) is 57.9 Å². The van der Waals surface area contributed by atoms with Crippen LogP contribution in [0.3, 0.4) is 0 Å². The van der Waals surface area contributed by atoms with Gasteiger partial charge in [-0.3, -0.25) is 24.2 Å². The smallest absolute Gasteiger partial charge is 0.346 e. The van der Waals surface area contributed by atoms with Crippen molar-refractivity contribution in [3.63, 3.8) is 0 Å². The van der Waals surface area contributed by atoms with E-state index < -0.39 is 35.6 Å². The van der Waals surface area contributed by atoms with Gasteiger partial charge < -0.3 is 10.6 Å². The molecule has 0 saturated heterocycles. The molecule has 12 nitrogen and oxygen atoms in total. The number of halogens is 6. The van der Waals surface area contributed by atoms with Gasteiger partial charge >= 0.3 is 6.18 Å². The van der Waals surface area contributed by atoms with Crippen molar-refractivity contribution in [1.82, 2.24) is 50.6 Å². The first-order chi connectivity index (χ1) is 20.3. The first-order valence-electron chi connectivity index (χ1n) is 12.6. The van der Waals surface area contributed by atoms with Crippen molar-refractivity contribution in [3.8, 4) is 0 Å². The zero-order valence-electron chi connectivity index (χ0n) is 22.4. The number of nitrogens with zero attached hydrogens (tertiary/aromatic N) is 8. The van der Waals surface area contributed by atoms with Crippen LogP contribution in [0.25, 0.3) is 0 Å². The summed E-state index contributed by atoms with van der Waals surface area (Å²) in [6, 6.07) is 3.22. The fourth-order valence-corrected chi connectivity index (χ4v) is 3.69. The Kier molecular flexibility index (Phi) is 9.35. The Morgan fingerprint density at radius 3 is 2.23 bits per heavy atom. The number of hydrogen-bond acceptors (Lipinski definition) is 8. The third-order valence-corrected chi connectivity index (χ3v) is 5.93. The lowest BCUT2D eigenvalue weighted by Gasteiger charge is -2.11. The summed E-state index contributed by atoms with van der Waals surface area (Å²) in [5, 5.41) is 19.8. The minimum atomic E-state index is -4.57. The highest BCUT2D eigenvalue weighted by atomic mass is 19.4. The molecule has 1 atom stereocenters. The van der Waals surface area contributed by atoms with Crippen LogP contribution in [0, 0.1) is 0 Å². The molecule has 0 aliphatic heterocycles. The van der Waals surface area contributed by atoms with Crippen molar-refractivity contribution < 1.29 is 35.9 Å². The van der Waals surface area contributed by atoms with Gasteiger partial charge in [0.2, 0.25) is 0 Å². The van der Waals surface area contributed by atoms with Crippen molar-refractivity contribution in [2.75, 3.05) is 0 Å². The van der Waals surface area contributed by atoms with E-state index in [-0.39, 0.29) is 60.8 Å². The largest absolute Gasteiger partial charge is 0.417 e. The van der Waals surface area contributed by atoms with E-state index >= 15 is 0 Å². The van der Waals surface area contributed by atoms with Crippen LogP contribution < -0.4 is 10.6 Å². The van der Waals surface area contributed by atoms with Gasteiger partial charge in [-0.05, 0) is 23.8 Å². The molecule has 4 aromatic rings. The number of aryl methyl sites for hydroxylation is 1. The van der Waals surface area contributed by atoms with Crippen LogP contribution in [0.5, 0.6) is 0 Å². The molecular formula is C25H24F6N10O2. The maximum atomic E-state index is 14.6. The second-order valence-corrected chi connectivity index (χ2v) is 9.45. The van der Waals surface area contributed by atoms with Crippen molar-refractivity contribution in [2.45, 2.75) is 57.8 Å². The minimum absolute atomic E-state index is 0.0453. The molecule has 228 valence electrons. The summed E-state index contributed by atoms with van der Waals surface area (Å²) in [5.74, 6) is -4.41. The molecule has 43 heavy (non-hydrogen) atoms. The van der Waals surface area contributed by atoms with Gasteiger partial charge in [-0.15, -0.1) is 10.2 Å². The predicted octanol–water partition coefficient (Wildman–Crippen LogP) is 3.08. The van der Waals surface area contributed by atoms with Gasteiger partial charge in [0, 0.05) is 50.6 Å².